The lowest BCUT2D eigenvalue weighted by atomic mass is 9.98. The van der Waals surface area contributed by atoms with Crippen LogP contribution in [0, 0.1) is 5.92 Å². The average molecular weight is 406 g/mol. The molecule has 2 amide bonds. The van der Waals surface area contributed by atoms with Gasteiger partial charge in [-0.05, 0) is 38.0 Å². The summed E-state index contributed by atoms with van der Waals surface area (Å²) in [5.74, 6) is 0.758. The Balaban J connectivity index is 1.69. The van der Waals surface area contributed by atoms with Gasteiger partial charge in [0.05, 0.1) is 29.5 Å². The Hall–Kier alpha value is -3.35. The van der Waals surface area contributed by atoms with Crippen LogP contribution in [0.25, 0.3) is 10.9 Å². The Morgan fingerprint density at radius 2 is 2.03 bits per heavy atom. The summed E-state index contributed by atoms with van der Waals surface area (Å²) in [6.45, 7) is 4.87. The summed E-state index contributed by atoms with van der Waals surface area (Å²) in [7, 11) is 0. The van der Waals surface area contributed by atoms with Crippen molar-refractivity contribution < 1.29 is 14.3 Å². The van der Waals surface area contributed by atoms with E-state index in [4.69, 9.17) is 9.84 Å². The van der Waals surface area contributed by atoms with E-state index >= 15 is 0 Å². The van der Waals surface area contributed by atoms with Crippen LogP contribution < -0.4 is 15.4 Å². The highest BCUT2D eigenvalue weighted by Crippen LogP contribution is 2.33. The first kappa shape index (κ1) is 19.9. The Kier molecular flexibility index (Phi) is 5.70. The Morgan fingerprint density at radius 3 is 2.73 bits per heavy atom. The zero-order valence-corrected chi connectivity index (χ0v) is 17.2. The van der Waals surface area contributed by atoms with Gasteiger partial charge in [-0.2, -0.15) is 5.10 Å². The summed E-state index contributed by atoms with van der Waals surface area (Å²) in [4.78, 5) is 24.3. The molecule has 2 aromatic carbocycles. The van der Waals surface area contributed by atoms with Crippen LogP contribution in [0.4, 0.5) is 5.82 Å². The number of fused-ring (bicyclic) bond motifs is 1. The highest BCUT2D eigenvalue weighted by molar-refractivity contribution is 6.03. The molecular weight excluding hydrogens is 380 g/mol. The van der Waals surface area contributed by atoms with Crippen LogP contribution in [0.5, 0.6) is 5.75 Å². The molecule has 0 spiro atoms. The summed E-state index contributed by atoms with van der Waals surface area (Å²) in [6.07, 6.45) is 0.892. The molecule has 1 fully saturated rings. The number of hydrogen-bond donors (Lipinski definition) is 2. The van der Waals surface area contributed by atoms with E-state index in [1.165, 1.54) is 0 Å². The van der Waals surface area contributed by atoms with E-state index in [0.717, 1.165) is 16.5 Å². The molecule has 1 aromatic heterocycles. The maximum atomic E-state index is 12.9. The number of carbonyl (C=O) groups excluding carboxylic acids is 2. The smallest absolute Gasteiger partial charge is 0.230 e. The molecule has 0 radical (unpaired) electrons. The highest BCUT2D eigenvalue weighted by atomic mass is 16.5. The fourth-order valence-electron chi connectivity index (χ4n) is 3.69. The van der Waals surface area contributed by atoms with E-state index < -0.39 is 0 Å². The third kappa shape index (κ3) is 4.30. The van der Waals surface area contributed by atoms with Gasteiger partial charge in [-0.3, -0.25) is 14.3 Å². The minimum Gasteiger partial charge on any atom is -0.490 e. The topological polar surface area (TPSA) is 85.2 Å². The van der Waals surface area contributed by atoms with E-state index in [2.05, 4.69) is 10.6 Å². The van der Waals surface area contributed by atoms with Crippen LogP contribution >= 0.6 is 0 Å². The third-order valence-corrected chi connectivity index (χ3v) is 5.16. The lowest BCUT2D eigenvalue weighted by molar-refractivity contribution is -0.126. The van der Waals surface area contributed by atoms with Gasteiger partial charge in [0, 0.05) is 13.0 Å². The standard InChI is InChI=1S/C23H26N4O3/c1-15(2)30-19-10-6-9-18-21(19)22(25-23(29)17-11-12-20(28)24-13-17)26-27(18)14-16-7-4-3-5-8-16/h3-10,15,17H,11-14H2,1-2H3,(H,24,28)(H,25,26,29)/t17-/m1/s1. The second kappa shape index (κ2) is 8.57. The van der Waals surface area contributed by atoms with E-state index in [-0.39, 0.29) is 23.8 Å². The number of carbonyl (C=O) groups is 2. The Labute approximate surface area is 175 Å². The number of nitrogens with one attached hydrogen (secondary N) is 2. The Bertz CT molecular complexity index is 1050. The quantitative estimate of drug-likeness (QED) is 0.658. The SMILES string of the molecule is CC(C)Oc1cccc2c1c(NC(=O)[C@@H]1CCC(=O)NC1)nn2Cc1ccccc1. The predicted molar refractivity (Wildman–Crippen MR) is 115 cm³/mol. The molecule has 0 saturated carbocycles. The molecule has 30 heavy (non-hydrogen) atoms. The zero-order chi connectivity index (χ0) is 21.1. The fourth-order valence-corrected chi connectivity index (χ4v) is 3.69. The summed E-state index contributed by atoms with van der Waals surface area (Å²) < 4.78 is 7.90. The first-order valence-corrected chi connectivity index (χ1v) is 10.3. The minimum absolute atomic E-state index is 0.00909. The second-order valence-electron chi connectivity index (χ2n) is 7.84. The largest absolute Gasteiger partial charge is 0.490 e. The molecule has 2 N–H and O–H groups in total. The number of hydrogen-bond acceptors (Lipinski definition) is 4. The maximum Gasteiger partial charge on any atom is 0.230 e. The molecule has 7 nitrogen and oxygen atoms in total. The van der Waals surface area contributed by atoms with Crippen molar-refractivity contribution in [2.75, 3.05) is 11.9 Å². The van der Waals surface area contributed by atoms with Gasteiger partial charge in [0.2, 0.25) is 11.8 Å². The lowest BCUT2D eigenvalue weighted by Crippen LogP contribution is -2.40. The van der Waals surface area contributed by atoms with Gasteiger partial charge >= 0.3 is 0 Å². The van der Waals surface area contributed by atoms with Gasteiger partial charge in [0.25, 0.3) is 0 Å². The number of nitrogens with zero attached hydrogens (tertiary/aromatic N) is 2. The Morgan fingerprint density at radius 1 is 1.23 bits per heavy atom. The van der Waals surface area contributed by atoms with Crippen LogP contribution in [0.2, 0.25) is 0 Å². The molecule has 156 valence electrons. The monoisotopic (exact) mass is 406 g/mol. The van der Waals surface area contributed by atoms with E-state index in [0.29, 0.717) is 37.5 Å². The number of rotatable bonds is 6. The van der Waals surface area contributed by atoms with Gasteiger partial charge in [-0.25, -0.2) is 0 Å². The maximum absolute atomic E-state index is 12.9. The van der Waals surface area contributed by atoms with Crippen molar-refractivity contribution in [3.05, 3.63) is 54.1 Å². The van der Waals surface area contributed by atoms with Crippen molar-refractivity contribution >= 4 is 28.5 Å². The van der Waals surface area contributed by atoms with Crippen LogP contribution in [-0.4, -0.2) is 34.2 Å². The number of ether oxygens (including phenoxy) is 1. The van der Waals surface area contributed by atoms with Crippen molar-refractivity contribution in [3.63, 3.8) is 0 Å². The van der Waals surface area contributed by atoms with Crippen molar-refractivity contribution in [2.24, 2.45) is 5.92 Å². The van der Waals surface area contributed by atoms with Crippen LogP contribution in [-0.2, 0) is 16.1 Å². The molecule has 3 aromatic rings. The number of anilines is 1. The van der Waals surface area contributed by atoms with Gasteiger partial charge in [-0.1, -0.05) is 36.4 Å². The van der Waals surface area contributed by atoms with E-state index in [9.17, 15) is 9.59 Å². The van der Waals surface area contributed by atoms with E-state index in [1.54, 1.807) is 0 Å². The van der Waals surface area contributed by atoms with E-state index in [1.807, 2.05) is 67.1 Å². The normalized spacial score (nSPS) is 16.5. The number of piperidine rings is 1. The molecule has 4 rings (SSSR count). The predicted octanol–water partition coefficient (Wildman–Crippen LogP) is 3.34. The molecule has 1 aliphatic heterocycles. The van der Waals surface area contributed by atoms with Crippen LogP contribution in [0.15, 0.2) is 48.5 Å². The van der Waals surface area contributed by atoms with Gasteiger partial charge in [0.15, 0.2) is 5.82 Å². The molecule has 1 atom stereocenters. The lowest BCUT2D eigenvalue weighted by Gasteiger charge is -2.21. The number of amides is 2. The highest BCUT2D eigenvalue weighted by Gasteiger charge is 2.26. The summed E-state index contributed by atoms with van der Waals surface area (Å²) in [5, 5.41) is 11.3. The molecule has 0 unspecified atom stereocenters. The summed E-state index contributed by atoms with van der Waals surface area (Å²) in [6, 6.07) is 15.9. The average Bonchev–Trinajstić information content (AvgIpc) is 3.07. The van der Waals surface area contributed by atoms with Gasteiger partial charge in [-0.15, -0.1) is 0 Å². The first-order valence-electron chi connectivity index (χ1n) is 10.3. The van der Waals surface area contributed by atoms with Gasteiger partial charge < -0.3 is 15.4 Å². The number of benzene rings is 2. The molecule has 1 aliphatic rings. The molecule has 0 aliphatic carbocycles. The zero-order valence-electron chi connectivity index (χ0n) is 17.2. The molecule has 1 saturated heterocycles. The summed E-state index contributed by atoms with van der Waals surface area (Å²) >= 11 is 0. The minimum atomic E-state index is -0.268. The molecule has 7 heteroatoms. The molecule has 2 heterocycles. The third-order valence-electron chi connectivity index (χ3n) is 5.16. The van der Waals surface area contributed by atoms with Crippen LogP contribution in [0.3, 0.4) is 0 Å². The van der Waals surface area contributed by atoms with Crippen LogP contribution in [0.1, 0.15) is 32.3 Å². The van der Waals surface area contributed by atoms with Crippen molar-refractivity contribution in [3.8, 4) is 5.75 Å². The second-order valence-corrected chi connectivity index (χ2v) is 7.84. The van der Waals surface area contributed by atoms with Crippen molar-refractivity contribution in [2.45, 2.75) is 39.3 Å². The van der Waals surface area contributed by atoms with Crippen molar-refractivity contribution in [1.29, 1.82) is 0 Å². The molecule has 0 bridgehead atoms. The summed E-state index contributed by atoms with van der Waals surface area (Å²) in [5.41, 5.74) is 2.01. The van der Waals surface area contributed by atoms with Gasteiger partial charge in [0.1, 0.15) is 5.75 Å². The molecular formula is C23H26N4O3. The number of aromatic nitrogens is 2. The fraction of sp³-hybridized carbons (Fsp3) is 0.348. The first-order chi connectivity index (χ1) is 14.5. The van der Waals surface area contributed by atoms with Crippen molar-refractivity contribution in [1.82, 2.24) is 15.1 Å².